The fourth-order valence-corrected chi connectivity index (χ4v) is 4.18. The number of nitrogens with zero attached hydrogens (tertiary/aromatic N) is 2. The van der Waals surface area contributed by atoms with Crippen LogP contribution in [0.2, 0.25) is 0 Å². The summed E-state index contributed by atoms with van der Waals surface area (Å²) in [5, 5.41) is 3.10. The molecule has 2 aliphatic rings. The number of rotatable bonds is 3. The van der Waals surface area contributed by atoms with E-state index in [4.69, 9.17) is 0 Å². The lowest BCUT2D eigenvalue weighted by Gasteiger charge is -2.39. The second kappa shape index (κ2) is 7.46. The van der Waals surface area contributed by atoms with Crippen LogP contribution < -0.4 is 5.32 Å². The summed E-state index contributed by atoms with van der Waals surface area (Å²) in [5.74, 6) is 0.112. The second-order valence-electron chi connectivity index (χ2n) is 7.52. The van der Waals surface area contributed by atoms with Crippen LogP contribution in [0.5, 0.6) is 0 Å². The number of hydrogen-bond donors (Lipinski definition) is 1. The average Bonchev–Trinajstić information content (AvgIpc) is 2.95. The van der Waals surface area contributed by atoms with Crippen molar-refractivity contribution < 1.29 is 9.59 Å². The van der Waals surface area contributed by atoms with Gasteiger partial charge >= 0.3 is 6.03 Å². The molecule has 2 fully saturated rings. The topological polar surface area (TPSA) is 52.7 Å². The Kier molecular flexibility index (Phi) is 5.30. The zero-order valence-corrected chi connectivity index (χ0v) is 15.4. The summed E-state index contributed by atoms with van der Waals surface area (Å²) < 4.78 is 0. The number of carbonyl (C=O) groups excluding carboxylic acids is 2. The van der Waals surface area contributed by atoms with Gasteiger partial charge in [-0.3, -0.25) is 4.79 Å². The van der Waals surface area contributed by atoms with Crippen LogP contribution in [0.25, 0.3) is 0 Å². The van der Waals surface area contributed by atoms with Gasteiger partial charge in [-0.05, 0) is 45.6 Å². The molecule has 0 spiro atoms. The molecule has 2 saturated heterocycles. The molecule has 3 amide bonds. The minimum absolute atomic E-state index is 0.0216. The number of urea groups is 1. The summed E-state index contributed by atoms with van der Waals surface area (Å²) in [4.78, 5) is 29.0. The van der Waals surface area contributed by atoms with Gasteiger partial charge in [0.05, 0.1) is 12.1 Å². The van der Waals surface area contributed by atoms with Crippen LogP contribution in [0, 0.1) is 0 Å². The van der Waals surface area contributed by atoms with Crippen molar-refractivity contribution in [3.63, 3.8) is 0 Å². The van der Waals surface area contributed by atoms with Gasteiger partial charge in [-0.25, -0.2) is 4.79 Å². The SMILES string of the molecule is CC(c1ccccc1)N1CC(NC(=O)N2C(C)CCCC2C)CC1=O. The number of hydrogen-bond acceptors (Lipinski definition) is 2. The van der Waals surface area contributed by atoms with E-state index in [1.807, 2.05) is 47.1 Å². The van der Waals surface area contributed by atoms with Crippen LogP contribution in [0.3, 0.4) is 0 Å². The zero-order valence-electron chi connectivity index (χ0n) is 15.4. The highest BCUT2D eigenvalue weighted by Crippen LogP contribution is 2.27. The minimum atomic E-state index is -0.104. The van der Waals surface area contributed by atoms with E-state index in [-0.39, 0.29) is 36.1 Å². The van der Waals surface area contributed by atoms with Gasteiger partial charge in [0.1, 0.15) is 0 Å². The average molecular weight is 343 g/mol. The third-order valence-corrected chi connectivity index (χ3v) is 5.66. The molecule has 136 valence electrons. The fourth-order valence-electron chi connectivity index (χ4n) is 4.18. The molecule has 1 aromatic carbocycles. The number of carbonyl (C=O) groups is 2. The Morgan fingerprint density at radius 2 is 1.80 bits per heavy atom. The van der Waals surface area contributed by atoms with E-state index in [9.17, 15) is 9.59 Å². The van der Waals surface area contributed by atoms with Crippen molar-refractivity contribution in [1.82, 2.24) is 15.1 Å². The molecule has 4 unspecified atom stereocenters. The fraction of sp³-hybridized carbons (Fsp3) is 0.600. The van der Waals surface area contributed by atoms with E-state index in [0.717, 1.165) is 18.4 Å². The maximum atomic E-state index is 12.7. The molecule has 2 heterocycles. The number of piperidine rings is 1. The summed E-state index contributed by atoms with van der Waals surface area (Å²) in [5.41, 5.74) is 1.13. The van der Waals surface area contributed by atoms with Gasteiger partial charge < -0.3 is 15.1 Å². The van der Waals surface area contributed by atoms with Crippen molar-refractivity contribution in [2.75, 3.05) is 6.54 Å². The van der Waals surface area contributed by atoms with Gasteiger partial charge in [0.15, 0.2) is 0 Å². The maximum absolute atomic E-state index is 12.7. The molecule has 0 aliphatic carbocycles. The van der Waals surface area contributed by atoms with Crippen LogP contribution in [0.1, 0.15) is 58.1 Å². The Bertz CT molecular complexity index is 609. The highest BCUT2D eigenvalue weighted by Gasteiger charge is 2.36. The molecule has 4 atom stereocenters. The molecule has 0 saturated carbocycles. The van der Waals surface area contributed by atoms with Gasteiger partial charge in [-0.2, -0.15) is 0 Å². The molecule has 0 radical (unpaired) electrons. The van der Waals surface area contributed by atoms with Crippen molar-refractivity contribution in [3.8, 4) is 0 Å². The number of likely N-dealkylation sites (tertiary alicyclic amines) is 2. The van der Waals surface area contributed by atoms with E-state index in [2.05, 4.69) is 19.2 Å². The van der Waals surface area contributed by atoms with Crippen LogP contribution in [-0.4, -0.2) is 46.4 Å². The van der Waals surface area contributed by atoms with E-state index in [0.29, 0.717) is 13.0 Å². The number of amides is 3. The molecule has 1 N–H and O–H groups in total. The lowest BCUT2D eigenvalue weighted by Crippen LogP contribution is -2.54. The quantitative estimate of drug-likeness (QED) is 0.915. The first-order valence-corrected chi connectivity index (χ1v) is 9.40. The largest absolute Gasteiger partial charge is 0.334 e. The summed E-state index contributed by atoms with van der Waals surface area (Å²) in [6, 6.07) is 10.5. The highest BCUT2D eigenvalue weighted by molar-refractivity contribution is 5.82. The maximum Gasteiger partial charge on any atom is 0.318 e. The number of nitrogens with one attached hydrogen (secondary N) is 1. The first kappa shape index (κ1) is 17.8. The summed E-state index contributed by atoms with van der Waals surface area (Å²) in [7, 11) is 0. The van der Waals surface area contributed by atoms with Crippen molar-refractivity contribution in [2.45, 2.75) is 70.6 Å². The van der Waals surface area contributed by atoms with E-state index < -0.39 is 0 Å². The third kappa shape index (κ3) is 3.80. The van der Waals surface area contributed by atoms with Crippen molar-refractivity contribution in [1.29, 1.82) is 0 Å². The van der Waals surface area contributed by atoms with Gasteiger partial charge in [-0.1, -0.05) is 30.3 Å². The van der Waals surface area contributed by atoms with Crippen molar-refractivity contribution in [2.24, 2.45) is 0 Å². The van der Waals surface area contributed by atoms with Crippen LogP contribution in [0.15, 0.2) is 30.3 Å². The highest BCUT2D eigenvalue weighted by atomic mass is 16.2. The van der Waals surface area contributed by atoms with Crippen molar-refractivity contribution in [3.05, 3.63) is 35.9 Å². The normalized spacial score (nSPS) is 28.1. The molecule has 1 aromatic rings. The monoisotopic (exact) mass is 343 g/mol. The Balaban J connectivity index is 1.61. The minimum Gasteiger partial charge on any atom is -0.334 e. The lowest BCUT2D eigenvalue weighted by atomic mass is 9.98. The van der Waals surface area contributed by atoms with E-state index in [1.54, 1.807) is 0 Å². The molecular formula is C20H29N3O2. The Hall–Kier alpha value is -2.04. The zero-order chi connectivity index (χ0) is 18.0. The molecule has 5 nitrogen and oxygen atoms in total. The van der Waals surface area contributed by atoms with E-state index >= 15 is 0 Å². The Morgan fingerprint density at radius 3 is 2.44 bits per heavy atom. The van der Waals surface area contributed by atoms with Crippen LogP contribution in [-0.2, 0) is 4.79 Å². The van der Waals surface area contributed by atoms with E-state index in [1.165, 1.54) is 6.42 Å². The van der Waals surface area contributed by atoms with Gasteiger partial charge in [0.25, 0.3) is 0 Å². The van der Waals surface area contributed by atoms with Gasteiger partial charge in [0, 0.05) is 25.0 Å². The first-order valence-electron chi connectivity index (χ1n) is 9.40. The first-order chi connectivity index (χ1) is 12.0. The molecule has 25 heavy (non-hydrogen) atoms. The van der Waals surface area contributed by atoms with Gasteiger partial charge in [0.2, 0.25) is 5.91 Å². The third-order valence-electron chi connectivity index (χ3n) is 5.66. The standard InChI is InChI=1S/C20H29N3O2/c1-14-8-7-9-15(2)23(14)20(25)21-18-12-19(24)22(13-18)16(3)17-10-5-4-6-11-17/h4-6,10-11,14-16,18H,7-9,12-13H2,1-3H3,(H,21,25). The van der Waals surface area contributed by atoms with Crippen LogP contribution >= 0.6 is 0 Å². The predicted molar refractivity (Wildman–Crippen MR) is 98.1 cm³/mol. The van der Waals surface area contributed by atoms with Crippen LogP contribution in [0.4, 0.5) is 4.79 Å². The molecule has 3 rings (SSSR count). The molecule has 0 aromatic heterocycles. The summed E-state index contributed by atoms with van der Waals surface area (Å²) in [6.07, 6.45) is 3.67. The Labute approximate surface area is 150 Å². The molecular weight excluding hydrogens is 314 g/mol. The number of benzene rings is 1. The molecule has 5 heteroatoms. The van der Waals surface area contributed by atoms with Gasteiger partial charge in [-0.15, -0.1) is 0 Å². The Morgan fingerprint density at radius 1 is 1.16 bits per heavy atom. The second-order valence-corrected chi connectivity index (χ2v) is 7.52. The molecule has 2 aliphatic heterocycles. The van der Waals surface area contributed by atoms with Crippen molar-refractivity contribution >= 4 is 11.9 Å². The summed E-state index contributed by atoms with van der Waals surface area (Å²) >= 11 is 0. The predicted octanol–water partition coefficient (Wildman–Crippen LogP) is 3.32. The smallest absolute Gasteiger partial charge is 0.318 e. The molecule has 0 bridgehead atoms. The summed E-state index contributed by atoms with van der Waals surface area (Å²) in [6.45, 7) is 6.85. The lowest BCUT2D eigenvalue weighted by molar-refractivity contribution is -0.129.